The lowest BCUT2D eigenvalue weighted by Gasteiger charge is -2.07. The molecule has 82 valence electrons. The molecular formula is C11H16N2O2. The van der Waals surface area contributed by atoms with Gasteiger partial charge >= 0.3 is 0 Å². The SMILES string of the molecule is CCCCC(=O)Nc1cc(N)ccc1O. The van der Waals surface area contributed by atoms with Crippen LogP contribution in [-0.2, 0) is 4.79 Å². The summed E-state index contributed by atoms with van der Waals surface area (Å²) in [6, 6.07) is 4.58. The Hall–Kier alpha value is -1.71. The van der Waals surface area contributed by atoms with Crippen molar-refractivity contribution >= 4 is 17.3 Å². The van der Waals surface area contributed by atoms with Crippen LogP contribution >= 0.6 is 0 Å². The van der Waals surface area contributed by atoms with Crippen molar-refractivity contribution in [1.29, 1.82) is 0 Å². The number of carbonyl (C=O) groups is 1. The van der Waals surface area contributed by atoms with E-state index in [-0.39, 0.29) is 11.7 Å². The average Bonchev–Trinajstić information content (AvgIpc) is 2.20. The van der Waals surface area contributed by atoms with Crippen molar-refractivity contribution in [1.82, 2.24) is 0 Å². The number of phenolic OH excluding ortho intramolecular Hbond substituents is 1. The second kappa shape index (κ2) is 5.24. The van der Waals surface area contributed by atoms with Gasteiger partial charge in [0.15, 0.2) is 0 Å². The van der Waals surface area contributed by atoms with Crippen LogP contribution in [0.1, 0.15) is 26.2 Å². The third-order valence-corrected chi connectivity index (χ3v) is 2.05. The van der Waals surface area contributed by atoms with Crippen LogP contribution in [-0.4, -0.2) is 11.0 Å². The predicted octanol–water partition coefficient (Wildman–Crippen LogP) is 2.10. The van der Waals surface area contributed by atoms with Gasteiger partial charge in [-0.05, 0) is 24.6 Å². The Morgan fingerprint density at radius 2 is 2.27 bits per heavy atom. The highest BCUT2D eigenvalue weighted by atomic mass is 16.3. The van der Waals surface area contributed by atoms with Gasteiger partial charge in [0, 0.05) is 12.1 Å². The number of amides is 1. The van der Waals surface area contributed by atoms with Crippen LogP contribution < -0.4 is 11.1 Å². The quantitative estimate of drug-likeness (QED) is 0.403. The summed E-state index contributed by atoms with van der Waals surface area (Å²) in [5, 5.41) is 12.1. The normalized spacial score (nSPS) is 9.93. The molecule has 4 heteroatoms. The minimum Gasteiger partial charge on any atom is -0.506 e. The molecule has 0 saturated heterocycles. The van der Waals surface area contributed by atoms with Crippen molar-refractivity contribution in [3.05, 3.63) is 18.2 Å². The number of nitrogens with two attached hydrogens (primary N) is 1. The van der Waals surface area contributed by atoms with Gasteiger partial charge in [0.2, 0.25) is 5.91 Å². The fourth-order valence-electron chi connectivity index (χ4n) is 1.20. The molecule has 4 N–H and O–H groups in total. The molecular weight excluding hydrogens is 192 g/mol. The van der Waals surface area contributed by atoms with Crippen molar-refractivity contribution in [2.75, 3.05) is 11.1 Å². The van der Waals surface area contributed by atoms with Crippen LogP contribution in [0.4, 0.5) is 11.4 Å². The molecule has 0 aliphatic carbocycles. The molecule has 1 rings (SSSR count). The van der Waals surface area contributed by atoms with E-state index in [1.807, 2.05) is 6.92 Å². The molecule has 0 bridgehead atoms. The van der Waals surface area contributed by atoms with Crippen molar-refractivity contribution in [2.24, 2.45) is 0 Å². The third kappa shape index (κ3) is 3.50. The number of anilines is 2. The number of nitrogen functional groups attached to an aromatic ring is 1. The molecule has 1 aromatic carbocycles. The highest BCUT2D eigenvalue weighted by Gasteiger charge is 2.05. The highest BCUT2D eigenvalue weighted by Crippen LogP contribution is 2.25. The van der Waals surface area contributed by atoms with Crippen LogP contribution in [0.5, 0.6) is 5.75 Å². The molecule has 0 aromatic heterocycles. The number of benzene rings is 1. The molecule has 0 aliphatic heterocycles. The maximum Gasteiger partial charge on any atom is 0.224 e. The zero-order valence-corrected chi connectivity index (χ0v) is 8.79. The van der Waals surface area contributed by atoms with Gasteiger partial charge in [-0.15, -0.1) is 0 Å². The second-order valence-electron chi connectivity index (χ2n) is 3.43. The van der Waals surface area contributed by atoms with Crippen LogP contribution in [0.25, 0.3) is 0 Å². The van der Waals surface area contributed by atoms with E-state index in [0.29, 0.717) is 17.8 Å². The Balaban J connectivity index is 2.63. The Bertz CT molecular complexity index is 350. The zero-order chi connectivity index (χ0) is 11.3. The number of aromatic hydroxyl groups is 1. The van der Waals surface area contributed by atoms with E-state index in [4.69, 9.17) is 5.73 Å². The molecule has 0 aliphatic rings. The van der Waals surface area contributed by atoms with Gasteiger partial charge in [0.05, 0.1) is 5.69 Å². The minimum absolute atomic E-state index is 0.0362. The molecule has 1 amide bonds. The summed E-state index contributed by atoms with van der Waals surface area (Å²) in [6.45, 7) is 2.02. The first-order valence-electron chi connectivity index (χ1n) is 5.02. The van der Waals surface area contributed by atoms with Crippen LogP contribution in [0, 0.1) is 0 Å². The topological polar surface area (TPSA) is 75.4 Å². The highest BCUT2D eigenvalue weighted by molar-refractivity contribution is 5.92. The fraction of sp³-hybridized carbons (Fsp3) is 0.364. The lowest BCUT2D eigenvalue weighted by Crippen LogP contribution is -2.11. The lowest BCUT2D eigenvalue weighted by molar-refractivity contribution is -0.116. The van der Waals surface area contributed by atoms with Gasteiger partial charge in [0.1, 0.15) is 5.75 Å². The summed E-state index contributed by atoms with van der Waals surface area (Å²) in [6.07, 6.45) is 2.27. The maximum absolute atomic E-state index is 11.4. The van der Waals surface area contributed by atoms with E-state index in [2.05, 4.69) is 5.32 Å². The van der Waals surface area contributed by atoms with Gasteiger partial charge < -0.3 is 16.2 Å². The first-order chi connectivity index (χ1) is 7.13. The molecule has 0 heterocycles. The van der Waals surface area contributed by atoms with E-state index >= 15 is 0 Å². The number of phenols is 1. The molecule has 1 aromatic rings. The summed E-state index contributed by atoms with van der Waals surface area (Å²) in [5.74, 6) is -0.0631. The fourth-order valence-corrected chi connectivity index (χ4v) is 1.20. The summed E-state index contributed by atoms with van der Waals surface area (Å²) < 4.78 is 0. The number of hydrogen-bond donors (Lipinski definition) is 3. The molecule has 0 radical (unpaired) electrons. The molecule has 0 fully saturated rings. The van der Waals surface area contributed by atoms with Crippen molar-refractivity contribution in [3.63, 3.8) is 0 Å². The molecule has 0 spiro atoms. The third-order valence-electron chi connectivity index (χ3n) is 2.05. The lowest BCUT2D eigenvalue weighted by atomic mass is 10.2. The van der Waals surface area contributed by atoms with Crippen molar-refractivity contribution < 1.29 is 9.90 Å². The Morgan fingerprint density at radius 1 is 1.53 bits per heavy atom. The van der Waals surface area contributed by atoms with Crippen LogP contribution in [0.2, 0.25) is 0 Å². The largest absolute Gasteiger partial charge is 0.506 e. The molecule has 0 saturated carbocycles. The van der Waals surface area contributed by atoms with Crippen LogP contribution in [0.15, 0.2) is 18.2 Å². The van der Waals surface area contributed by atoms with E-state index in [9.17, 15) is 9.90 Å². The number of rotatable bonds is 4. The minimum atomic E-state index is -0.0993. The molecule has 15 heavy (non-hydrogen) atoms. The maximum atomic E-state index is 11.4. The number of unbranched alkanes of at least 4 members (excludes halogenated alkanes) is 1. The van der Waals surface area contributed by atoms with Crippen molar-refractivity contribution in [3.8, 4) is 5.75 Å². The van der Waals surface area contributed by atoms with E-state index < -0.39 is 0 Å². The Morgan fingerprint density at radius 3 is 2.93 bits per heavy atom. The predicted molar refractivity (Wildman–Crippen MR) is 60.7 cm³/mol. The van der Waals surface area contributed by atoms with E-state index in [0.717, 1.165) is 12.8 Å². The van der Waals surface area contributed by atoms with Gasteiger partial charge in [0.25, 0.3) is 0 Å². The van der Waals surface area contributed by atoms with E-state index in [1.165, 1.54) is 6.07 Å². The summed E-state index contributed by atoms with van der Waals surface area (Å²) in [5.41, 5.74) is 6.42. The Labute approximate surface area is 89.1 Å². The van der Waals surface area contributed by atoms with Gasteiger partial charge in [-0.3, -0.25) is 4.79 Å². The summed E-state index contributed by atoms with van der Waals surface area (Å²) in [4.78, 5) is 11.4. The summed E-state index contributed by atoms with van der Waals surface area (Å²) >= 11 is 0. The molecule has 0 atom stereocenters. The number of nitrogens with one attached hydrogen (secondary N) is 1. The monoisotopic (exact) mass is 208 g/mol. The van der Waals surface area contributed by atoms with Crippen molar-refractivity contribution in [2.45, 2.75) is 26.2 Å². The standard InChI is InChI=1S/C11H16N2O2/c1-2-3-4-11(15)13-9-7-8(12)5-6-10(9)14/h5-7,14H,2-4,12H2,1H3,(H,13,15). The second-order valence-corrected chi connectivity index (χ2v) is 3.43. The molecule has 4 nitrogen and oxygen atoms in total. The van der Waals surface area contributed by atoms with Crippen LogP contribution in [0.3, 0.4) is 0 Å². The Kier molecular flexibility index (Phi) is 3.97. The van der Waals surface area contributed by atoms with Gasteiger partial charge in [-0.2, -0.15) is 0 Å². The summed E-state index contributed by atoms with van der Waals surface area (Å²) in [7, 11) is 0. The number of hydrogen-bond acceptors (Lipinski definition) is 3. The van der Waals surface area contributed by atoms with E-state index in [1.54, 1.807) is 12.1 Å². The first kappa shape index (κ1) is 11.4. The number of carbonyl (C=O) groups excluding carboxylic acids is 1. The van der Waals surface area contributed by atoms with Gasteiger partial charge in [-0.1, -0.05) is 13.3 Å². The molecule has 0 unspecified atom stereocenters. The van der Waals surface area contributed by atoms with Gasteiger partial charge in [-0.25, -0.2) is 0 Å². The zero-order valence-electron chi connectivity index (χ0n) is 8.79. The smallest absolute Gasteiger partial charge is 0.224 e. The average molecular weight is 208 g/mol. The first-order valence-corrected chi connectivity index (χ1v) is 5.02.